The Morgan fingerprint density at radius 1 is 0.875 bits per heavy atom. The van der Waals surface area contributed by atoms with Crippen LogP contribution in [-0.4, -0.2) is 11.1 Å². The zero-order valence-corrected chi connectivity index (χ0v) is 13.0. The summed E-state index contributed by atoms with van der Waals surface area (Å²) < 4.78 is 5.71. The molecule has 0 saturated heterocycles. The van der Waals surface area contributed by atoms with Gasteiger partial charge in [-0.25, -0.2) is 5.48 Å². The smallest absolute Gasteiger partial charge is 0.274 e. The molecule has 0 fully saturated rings. The lowest BCUT2D eigenvalue weighted by Gasteiger charge is -2.08. The summed E-state index contributed by atoms with van der Waals surface area (Å²) >= 11 is 0. The third-order valence-corrected chi connectivity index (χ3v) is 3.66. The molecule has 0 aliphatic carbocycles. The van der Waals surface area contributed by atoms with E-state index in [-0.39, 0.29) is 0 Å². The highest BCUT2D eigenvalue weighted by molar-refractivity contribution is 5.93. The van der Waals surface area contributed by atoms with E-state index in [1.165, 1.54) is 5.56 Å². The average Bonchev–Trinajstić information content (AvgIpc) is 2.67. The lowest BCUT2D eigenvalue weighted by molar-refractivity contribution is 0.0706. The Kier molecular flexibility index (Phi) is 4.89. The Bertz CT molecular complexity index is 814. The van der Waals surface area contributed by atoms with Crippen LogP contribution in [0.2, 0.25) is 0 Å². The van der Waals surface area contributed by atoms with Crippen LogP contribution in [0.3, 0.4) is 0 Å². The van der Waals surface area contributed by atoms with Crippen molar-refractivity contribution in [1.29, 1.82) is 0 Å². The maximum absolute atomic E-state index is 11.4. The highest BCUT2D eigenvalue weighted by atomic mass is 16.5. The van der Waals surface area contributed by atoms with Crippen molar-refractivity contribution in [3.63, 3.8) is 0 Å². The molecule has 0 saturated carbocycles. The molecule has 0 atom stereocenters. The topological polar surface area (TPSA) is 58.6 Å². The van der Waals surface area contributed by atoms with E-state index < -0.39 is 5.91 Å². The van der Waals surface area contributed by atoms with E-state index in [9.17, 15) is 4.79 Å². The van der Waals surface area contributed by atoms with Crippen molar-refractivity contribution >= 4 is 5.91 Å². The number of carbonyl (C=O) groups is 1. The molecule has 1 amide bonds. The van der Waals surface area contributed by atoms with Gasteiger partial charge in [-0.15, -0.1) is 0 Å². The van der Waals surface area contributed by atoms with Crippen LogP contribution in [0.4, 0.5) is 0 Å². The van der Waals surface area contributed by atoms with Gasteiger partial charge in [-0.2, -0.15) is 0 Å². The molecular formula is C20H17NO3. The van der Waals surface area contributed by atoms with E-state index in [0.717, 1.165) is 11.1 Å². The number of hydrogen-bond acceptors (Lipinski definition) is 3. The molecule has 3 aromatic rings. The summed E-state index contributed by atoms with van der Waals surface area (Å²) in [6, 6.07) is 25.0. The summed E-state index contributed by atoms with van der Waals surface area (Å²) in [6.07, 6.45) is 0. The summed E-state index contributed by atoms with van der Waals surface area (Å²) in [5.41, 5.74) is 5.31. The van der Waals surface area contributed by atoms with Gasteiger partial charge in [0, 0.05) is 5.56 Å². The molecule has 24 heavy (non-hydrogen) atoms. The molecule has 2 N–H and O–H groups in total. The Balaban J connectivity index is 1.66. The van der Waals surface area contributed by atoms with Gasteiger partial charge in [-0.05, 0) is 34.9 Å². The van der Waals surface area contributed by atoms with Crippen molar-refractivity contribution in [1.82, 2.24) is 5.48 Å². The van der Waals surface area contributed by atoms with Crippen molar-refractivity contribution in [2.75, 3.05) is 0 Å². The molecule has 0 aliphatic heterocycles. The van der Waals surface area contributed by atoms with E-state index in [2.05, 4.69) is 24.3 Å². The quantitative estimate of drug-likeness (QED) is 0.551. The number of ether oxygens (including phenoxy) is 1. The van der Waals surface area contributed by atoms with Gasteiger partial charge in [-0.3, -0.25) is 10.0 Å². The Labute approximate surface area is 140 Å². The van der Waals surface area contributed by atoms with Crippen molar-refractivity contribution in [3.8, 4) is 16.9 Å². The maximum Gasteiger partial charge on any atom is 0.274 e. The first-order valence-corrected chi connectivity index (χ1v) is 7.58. The van der Waals surface area contributed by atoms with Crippen LogP contribution in [0.5, 0.6) is 5.75 Å². The van der Waals surface area contributed by atoms with Gasteiger partial charge in [0.25, 0.3) is 5.91 Å². The molecule has 0 aromatic heterocycles. The molecule has 120 valence electrons. The van der Waals surface area contributed by atoms with Crippen molar-refractivity contribution < 1.29 is 14.7 Å². The van der Waals surface area contributed by atoms with Crippen LogP contribution in [0.15, 0.2) is 78.9 Å². The first-order chi connectivity index (χ1) is 11.8. The van der Waals surface area contributed by atoms with Gasteiger partial charge in [-0.1, -0.05) is 60.7 Å². The minimum absolute atomic E-state index is 0.342. The molecule has 3 rings (SSSR count). The van der Waals surface area contributed by atoms with Gasteiger partial charge in [0.1, 0.15) is 12.4 Å². The highest BCUT2D eigenvalue weighted by Gasteiger charge is 2.05. The predicted octanol–water partition coefficient (Wildman–Crippen LogP) is 4.05. The van der Waals surface area contributed by atoms with Crippen molar-refractivity contribution in [2.24, 2.45) is 0 Å². The van der Waals surface area contributed by atoms with Crippen molar-refractivity contribution in [2.45, 2.75) is 6.61 Å². The summed E-state index contributed by atoms with van der Waals surface area (Å²) in [7, 11) is 0. The maximum atomic E-state index is 11.4. The van der Waals surface area contributed by atoms with Crippen molar-refractivity contribution in [3.05, 3.63) is 90.0 Å². The van der Waals surface area contributed by atoms with Crippen LogP contribution >= 0.6 is 0 Å². The number of carbonyl (C=O) groups excluding carboxylic acids is 1. The van der Waals surface area contributed by atoms with E-state index in [4.69, 9.17) is 9.94 Å². The molecule has 0 unspecified atom stereocenters. The van der Waals surface area contributed by atoms with Gasteiger partial charge >= 0.3 is 0 Å². The summed E-state index contributed by atoms with van der Waals surface area (Å²) in [5, 5.41) is 8.67. The summed E-state index contributed by atoms with van der Waals surface area (Å²) in [4.78, 5) is 11.4. The first kappa shape index (κ1) is 15.8. The second-order valence-electron chi connectivity index (χ2n) is 5.32. The number of hydroxylamine groups is 1. The predicted molar refractivity (Wildman–Crippen MR) is 91.9 cm³/mol. The third-order valence-electron chi connectivity index (χ3n) is 3.66. The third kappa shape index (κ3) is 3.80. The van der Waals surface area contributed by atoms with Crippen LogP contribution in [0, 0.1) is 0 Å². The molecular weight excluding hydrogens is 302 g/mol. The molecule has 0 aliphatic rings. The Morgan fingerprint density at radius 2 is 1.58 bits per heavy atom. The average molecular weight is 319 g/mol. The summed E-state index contributed by atoms with van der Waals surface area (Å²) in [5.74, 6) is 0.0101. The molecule has 4 heteroatoms. The minimum Gasteiger partial charge on any atom is -0.489 e. The monoisotopic (exact) mass is 319 g/mol. The highest BCUT2D eigenvalue weighted by Crippen LogP contribution is 2.20. The standard InChI is InChI=1S/C20H17NO3/c22-20(21-23)18-7-4-8-19(13-18)24-14-15-9-11-17(12-10-15)16-5-2-1-3-6-16/h1-13,23H,14H2,(H,21,22). The minimum atomic E-state index is -0.562. The molecule has 0 bridgehead atoms. The first-order valence-electron chi connectivity index (χ1n) is 7.58. The van der Waals surface area contributed by atoms with E-state index in [1.54, 1.807) is 29.7 Å². The molecule has 3 aromatic carbocycles. The Morgan fingerprint density at radius 3 is 2.29 bits per heavy atom. The second-order valence-corrected chi connectivity index (χ2v) is 5.32. The fourth-order valence-electron chi connectivity index (χ4n) is 2.38. The zero-order chi connectivity index (χ0) is 16.8. The molecule has 0 spiro atoms. The molecule has 0 heterocycles. The van der Waals surface area contributed by atoms with Crippen LogP contribution in [0.25, 0.3) is 11.1 Å². The fraction of sp³-hybridized carbons (Fsp3) is 0.0500. The lowest BCUT2D eigenvalue weighted by Crippen LogP contribution is -2.18. The number of hydrogen-bond donors (Lipinski definition) is 2. The zero-order valence-electron chi connectivity index (χ0n) is 13.0. The van der Waals surface area contributed by atoms with Gasteiger partial charge in [0.15, 0.2) is 0 Å². The van der Waals surface area contributed by atoms with Crippen LogP contribution in [-0.2, 0) is 6.61 Å². The van der Waals surface area contributed by atoms with Gasteiger partial charge in [0.05, 0.1) is 0 Å². The van der Waals surface area contributed by atoms with E-state index in [1.807, 2.05) is 30.3 Å². The molecule has 4 nitrogen and oxygen atoms in total. The van der Waals surface area contributed by atoms with Crippen LogP contribution in [0.1, 0.15) is 15.9 Å². The normalized spacial score (nSPS) is 10.2. The van der Waals surface area contributed by atoms with E-state index >= 15 is 0 Å². The second kappa shape index (κ2) is 7.44. The number of nitrogens with one attached hydrogen (secondary N) is 1. The van der Waals surface area contributed by atoms with Gasteiger partial charge in [0.2, 0.25) is 0 Å². The number of rotatable bonds is 5. The largest absolute Gasteiger partial charge is 0.489 e. The SMILES string of the molecule is O=C(NO)c1cccc(OCc2ccc(-c3ccccc3)cc2)c1. The fourth-order valence-corrected chi connectivity index (χ4v) is 2.38. The molecule has 0 radical (unpaired) electrons. The number of benzene rings is 3. The lowest BCUT2D eigenvalue weighted by atomic mass is 10.0. The van der Waals surface area contributed by atoms with E-state index in [0.29, 0.717) is 17.9 Å². The summed E-state index contributed by atoms with van der Waals surface area (Å²) in [6.45, 7) is 0.402. The Hall–Kier alpha value is -3.11. The van der Waals surface area contributed by atoms with Crippen LogP contribution < -0.4 is 10.2 Å². The van der Waals surface area contributed by atoms with Gasteiger partial charge < -0.3 is 4.74 Å². The number of amides is 1.